The number of rotatable bonds is 3. The first-order chi connectivity index (χ1) is 10.2. The van der Waals surface area contributed by atoms with Gasteiger partial charge in [-0.1, -0.05) is 24.7 Å². The van der Waals surface area contributed by atoms with Crippen molar-refractivity contribution < 1.29 is 4.79 Å². The Labute approximate surface area is 127 Å². The summed E-state index contributed by atoms with van der Waals surface area (Å²) in [6.07, 6.45) is 4.72. The van der Waals surface area contributed by atoms with Crippen LogP contribution in [0, 0.1) is 18.8 Å². The molecule has 0 radical (unpaired) electrons. The monoisotopic (exact) mass is 284 g/mol. The number of carbonyl (C=O) groups is 1. The van der Waals surface area contributed by atoms with E-state index in [4.69, 9.17) is 5.73 Å². The van der Waals surface area contributed by atoms with Crippen LogP contribution >= 0.6 is 0 Å². The number of nitrogens with two attached hydrogens (primary N) is 1. The van der Waals surface area contributed by atoms with Crippen LogP contribution in [-0.4, -0.2) is 29.9 Å². The van der Waals surface area contributed by atoms with E-state index in [1.165, 1.54) is 12.8 Å². The van der Waals surface area contributed by atoms with Crippen LogP contribution < -0.4 is 5.73 Å². The molecule has 1 aromatic carbocycles. The minimum atomic E-state index is 0.129. The first-order valence-electron chi connectivity index (χ1n) is 7.77. The largest absolute Gasteiger partial charge is 0.336 e. The second-order valence-corrected chi connectivity index (χ2v) is 5.62. The molecule has 0 aliphatic heterocycles. The molecular weight excluding hydrogens is 260 g/mol. The highest BCUT2D eigenvalue weighted by Gasteiger charge is 2.26. The van der Waals surface area contributed by atoms with Crippen LogP contribution in [0.5, 0.6) is 0 Å². The van der Waals surface area contributed by atoms with Gasteiger partial charge < -0.3 is 10.6 Å². The molecule has 0 unspecified atom stereocenters. The summed E-state index contributed by atoms with van der Waals surface area (Å²) < 4.78 is 0. The maximum Gasteiger partial charge on any atom is 0.254 e. The molecule has 0 spiro atoms. The highest BCUT2D eigenvalue weighted by molar-refractivity contribution is 5.95. The molecule has 1 fully saturated rings. The van der Waals surface area contributed by atoms with Crippen LogP contribution in [0.3, 0.4) is 0 Å². The van der Waals surface area contributed by atoms with Crippen molar-refractivity contribution in [3.63, 3.8) is 0 Å². The maximum absolute atomic E-state index is 12.8. The molecule has 1 aromatic rings. The van der Waals surface area contributed by atoms with Crippen LogP contribution in [-0.2, 0) is 0 Å². The summed E-state index contributed by atoms with van der Waals surface area (Å²) in [5.74, 6) is 6.00. The van der Waals surface area contributed by atoms with Crippen molar-refractivity contribution in [2.24, 2.45) is 5.73 Å². The smallest absolute Gasteiger partial charge is 0.254 e. The lowest BCUT2D eigenvalue weighted by atomic mass is 10.0. The molecule has 1 aliphatic carbocycles. The summed E-state index contributed by atoms with van der Waals surface area (Å²) in [6.45, 7) is 5.15. The minimum absolute atomic E-state index is 0.129. The molecule has 0 bridgehead atoms. The fourth-order valence-electron chi connectivity index (χ4n) is 3.08. The second-order valence-electron chi connectivity index (χ2n) is 5.62. The van der Waals surface area contributed by atoms with Gasteiger partial charge in [0, 0.05) is 23.7 Å². The van der Waals surface area contributed by atoms with Crippen LogP contribution in [0.25, 0.3) is 0 Å². The zero-order valence-electron chi connectivity index (χ0n) is 13.0. The molecule has 3 heteroatoms. The first kappa shape index (κ1) is 15.6. The zero-order valence-corrected chi connectivity index (χ0v) is 13.0. The average Bonchev–Trinajstić information content (AvgIpc) is 2.99. The van der Waals surface area contributed by atoms with Gasteiger partial charge >= 0.3 is 0 Å². The minimum Gasteiger partial charge on any atom is -0.336 e. The highest BCUT2D eigenvalue weighted by Crippen LogP contribution is 2.25. The number of hydrogen-bond acceptors (Lipinski definition) is 2. The van der Waals surface area contributed by atoms with Crippen LogP contribution in [0.15, 0.2) is 18.2 Å². The third-order valence-electron chi connectivity index (χ3n) is 4.03. The SMILES string of the molecule is CCN(C(=O)c1cc(C)cc(C#CCN)c1)C1CCCC1. The van der Waals surface area contributed by atoms with Gasteiger partial charge in [0.2, 0.25) is 0 Å². The lowest BCUT2D eigenvalue weighted by Crippen LogP contribution is -2.38. The summed E-state index contributed by atoms with van der Waals surface area (Å²) >= 11 is 0. The normalized spacial score (nSPS) is 14.6. The van der Waals surface area contributed by atoms with Crippen LogP contribution in [0.4, 0.5) is 0 Å². The Morgan fingerprint density at radius 1 is 1.33 bits per heavy atom. The van der Waals surface area contributed by atoms with Gasteiger partial charge in [0.15, 0.2) is 0 Å². The standard InChI is InChI=1S/C18H24N2O/c1-3-20(17-8-4-5-9-17)18(21)16-12-14(2)11-15(13-16)7-6-10-19/h11-13,17H,3-5,8-10,19H2,1-2H3. The number of carbonyl (C=O) groups excluding carboxylic acids is 1. The van der Waals surface area contributed by atoms with E-state index in [0.717, 1.165) is 36.1 Å². The predicted molar refractivity (Wildman–Crippen MR) is 86.1 cm³/mol. The van der Waals surface area contributed by atoms with E-state index in [9.17, 15) is 4.79 Å². The Hall–Kier alpha value is -1.79. The van der Waals surface area contributed by atoms with Gasteiger partial charge in [0.05, 0.1) is 6.54 Å². The third-order valence-corrected chi connectivity index (χ3v) is 4.03. The van der Waals surface area contributed by atoms with E-state index in [0.29, 0.717) is 12.6 Å². The third kappa shape index (κ3) is 3.86. The Morgan fingerprint density at radius 2 is 2.05 bits per heavy atom. The van der Waals surface area contributed by atoms with Crippen molar-refractivity contribution in [2.45, 2.75) is 45.6 Å². The summed E-state index contributed by atoms with van der Waals surface area (Å²) in [7, 11) is 0. The molecule has 2 N–H and O–H groups in total. The van der Waals surface area contributed by atoms with E-state index in [2.05, 4.69) is 18.8 Å². The van der Waals surface area contributed by atoms with Gasteiger partial charge in [-0.3, -0.25) is 4.79 Å². The fourth-order valence-corrected chi connectivity index (χ4v) is 3.08. The predicted octanol–water partition coefficient (Wildman–Crippen LogP) is 2.71. The lowest BCUT2D eigenvalue weighted by molar-refractivity contribution is 0.0693. The van der Waals surface area contributed by atoms with Crippen molar-refractivity contribution in [3.8, 4) is 11.8 Å². The fraction of sp³-hybridized carbons (Fsp3) is 0.500. The number of hydrogen-bond donors (Lipinski definition) is 1. The van der Waals surface area contributed by atoms with Crippen molar-refractivity contribution in [3.05, 3.63) is 34.9 Å². The van der Waals surface area contributed by atoms with Gasteiger partial charge in [-0.25, -0.2) is 0 Å². The van der Waals surface area contributed by atoms with Crippen LogP contribution in [0.2, 0.25) is 0 Å². The lowest BCUT2D eigenvalue weighted by Gasteiger charge is -2.28. The molecule has 0 atom stereocenters. The molecule has 112 valence electrons. The molecule has 2 rings (SSSR count). The van der Waals surface area contributed by atoms with Gasteiger partial charge in [0.25, 0.3) is 5.91 Å². The molecule has 1 saturated carbocycles. The molecule has 21 heavy (non-hydrogen) atoms. The molecule has 1 amide bonds. The van der Waals surface area contributed by atoms with Crippen molar-refractivity contribution >= 4 is 5.91 Å². The zero-order chi connectivity index (χ0) is 15.2. The Balaban J connectivity index is 2.26. The average molecular weight is 284 g/mol. The van der Waals surface area contributed by atoms with Crippen molar-refractivity contribution in [2.75, 3.05) is 13.1 Å². The molecule has 0 saturated heterocycles. The summed E-state index contributed by atoms with van der Waals surface area (Å²) in [4.78, 5) is 14.8. The summed E-state index contributed by atoms with van der Waals surface area (Å²) in [6, 6.07) is 6.23. The number of nitrogens with zero attached hydrogens (tertiary/aromatic N) is 1. The Kier molecular flexibility index (Phi) is 5.41. The Morgan fingerprint density at radius 3 is 2.67 bits per heavy atom. The number of benzene rings is 1. The molecule has 3 nitrogen and oxygen atoms in total. The molecule has 1 aliphatic rings. The van der Waals surface area contributed by atoms with Gasteiger partial charge in [0.1, 0.15) is 0 Å². The molecule has 0 heterocycles. The molecular formula is C18H24N2O. The number of amides is 1. The summed E-state index contributed by atoms with van der Waals surface area (Å²) in [5, 5.41) is 0. The van der Waals surface area contributed by atoms with Crippen molar-refractivity contribution in [1.82, 2.24) is 4.90 Å². The molecule has 0 aromatic heterocycles. The van der Waals surface area contributed by atoms with E-state index < -0.39 is 0 Å². The van der Waals surface area contributed by atoms with Crippen LogP contribution in [0.1, 0.15) is 54.1 Å². The summed E-state index contributed by atoms with van der Waals surface area (Å²) in [5.41, 5.74) is 8.08. The van der Waals surface area contributed by atoms with E-state index >= 15 is 0 Å². The van der Waals surface area contributed by atoms with E-state index in [1.54, 1.807) is 0 Å². The van der Waals surface area contributed by atoms with Gasteiger partial charge in [-0.2, -0.15) is 0 Å². The number of aryl methyl sites for hydroxylation is 1. The van der Waals surface area contributed by atoms with E-state index in [1.807, 2.05) is 30.0 Å². The Bertz CT molecular complexity index is 562. The van der Waals surface area contributed by atoms with Gasteiger partial charge in [-0.05, 0) is 50.5 Å². The highest BCUT2D eigenvalue weighted by atomic mass is 16.2. The van der Waals surface area contributed by atoms with E-state index in [-0.39, 0.29) is 5.91 Å². The second kappa shape index (κ2) is 7.28. The van der Waals surface area contributed by atoms with Crippen molar-refractivity contribution in [1.29, 1.82) is 0 Å². The topological polar surface area (TPSA) is 46.3 Å². The first-order valence-corrected chi connectivity index (χ1v) is 7.77. The van der Waals surface area contributed by atoms with Gasteiger partial charge in [-0.15, -0.1) is 0 Å². The quantitative estimate of drug-likeness (QED) is 0.868. The maximum atomic E-state index is 12.8.